The van der Waals surface area contributed by atoms with Crippen molar-refractivity contribution in [3.63, 3.8) is 0 Å². The van der Waals surface area contributed by atoms with Gasteiger partial charge in [-0.25, -0.2) is 0 Å². The lowest BCUT2D eigenvalue weighted by Crippen LogP contribution is -2.68. The Bertz CT molecular complexity index is 881. The summed E-state index contributed by atoms with van der Waals surface area (Å²) >= 11 is 3.56. The molecule has 3 aromatic rings. The number of fused-ring (bicyclic) bond motifs is 3. The third-order valence-electron chi connectivity index (χ3n) is 5.07. The van der Waals surface area contributed by atoms with E-state index in [1.165, 1.54) is 12.0 Å². The minimum Gasteiger partial charge on any atom is -0.352 e. The van der Waals surface area contributed by atoms with Gasteiger partial charge in [-0.15, -0.1) is 15.3 Å². The molecule has 24 heavy (non-hydrogen) atoms. The predicted molar refractivity (Wildman–Crippen MR) is 94.9 cm³/mol. The zero-order chi connectivity index (χ0) is 16.1. The molecule has 0 saturated carbocycles. The fraction of sp³-hybridized carbons (Fsp3) is 0.353. The highest BCUT2D eigenvalue weighted by Crippen LogP contribution is 2.35. The van der Waals surface area contributed by atoms with Crippen molar-refractivity contribution >= 4 is 27.4 Å². The van der Waals surface area contributed by atoms with Crippen molar-refractivity contribution < 1.29 is 0 Å². The molecular formula is C17H17BrN6. The second-order valence-corrected chi connectivity index (χ2v) is 7.49. The predicted octanol–water partition coefficient (Wildman–Crippen LogP) is 2.35. The smallest absolute Gasteiger partial charge is 0.177 e. The second-order valence-electron chi connectivity index (χ2n) is 6.58. The number of aromatic nitrogens is 4. The van der Waals surface area contributed by atoms with Crippen LogP contribution >= 0.6 is 15.9 Å². The Morgan fingerprint density at radius 1 is 1.12 bits per heavy atom. The van der Waals surface area contributed by atoms with Crippen molar-refractivity contribution in [3.05, 3.63) is 52.8 Å². The van der Waals surface area contributed by atoms with Gasteiger partial charge in [0.15, 0.2) is 5.65 Å². The number of hydrogen-bond donors (Lipinski definition) is 0. The van der Waals surface area contributed by atoms with Crippen LogP contribution in [-0.2, 0) is 6.54 Å². The van der Waals surface area contributed by atoms with E-state index in [-0.39, 0.29) is 0 Å². The van der Waals surface area contributed by atoms with Gasteiger partial charge in [0.1, 0.15) is 12.1 Å². The molecule has 122 valence electrons. The Kier molecular flexibility index (Phi) is 3.31. The lowest BCUT2D eigenvalue weighted by Gasteiger charge is -2.56. The Labute approximate surface area is 148 Å². The summed E-state index contributed by atoms with van der Waals surface area (Å²) in [5.41, 5.74) is 2.16. The van der Waals surface area contributed by atoms with Gasteiger partial charge in [-0.05, 0) is 36.2 Å². The summed E-state index contributed by atoms with van der Waals surface area (Å²) in [5.74, 6) is 1.01. The first kappa shape index (κ1) is 14.4. The van der Waals surface area contributed by atoms with Crippen LogP contribution in [0.1, 0.15) is 12.0 Å². The molecule has 3 aliphatic heterocycles. The van der Waals surface area contributed by atoms with Gasteiger partial charge >= 0.3 is 0 Å². The van der Waals surface area contributed by atoms with Gasteiger partial charge in [-0.3, -0.25) is 4.90 Å². The molecule has 6 nitrogen and oxygen atoms in total. The normalized spacial score (nSPS) is 23.5. The first-order chi connectivity index (χ1) is 11.8. The Hall–Kier alpha value is -1.99. The van der Waals surface area contributed by atoms with E-state index in [2.05, 4.69) is 65.3 Å². The summed E-state index contributed by atoms with van der Waals surface area (Å²) < 4.78 is 2.90. The second kappa shape index (κ2) is 5.53. The topological polar surface area (TPSA) is 49.6 Å². The van der Waals surface area contributed by atoms with Crippen LogP contribution in [0.15, 0.2) is 47.2 Å². The van der Waals surface area contributed by atoms with Crippen molar-refractivity contribution in [1.82, 2.24) is 24.7 Å². The number of anilines is 1. The Morgan fingerprint density at radius 3 is 2.83 bits per heavy atom. The highest BCUT2D eigenvalue weighted by atomic mass is 79.9. The molecule has 2 unspecified atom stereocenters. The van der Waals surface area contributed by atoms with Crippen molar-refractivity contribution in [2.45, 2.75) is 25.0 Å². The number of nitrogens with zero attached hydrogens (tertiary/aromatic N) is 6. The molecule has 0 spiro atoms. The highest BCUT2D eigenvalue weighted by Gasteiger charge is 2.44. The molecule has 2 atom stereocenters. The van der Waals surface area contributed by atoms with Crippen LogP contribution in [0.2, 0.25) is 0 Å². The molecule has 0 aliphatic carbocycles. The van der Waals surface area contributed by atoms with Crippen molar-refractivity contribution in [1.29, 1.82) is 0 Å². The van der Waals surface area contributed by atoms with Gasteiger partial charge in [0.25, 0.3) is 0 Å². The fourth-order valence-corrected chi connectivity index (χ4v) is 4.31. The van der Waals surface area contributed by atoms with Crippen LogP contribution < -0.4 is 4.90 Å². The van der Waals surface area contributed by atoms with E-state index in [4.69, 9.17) is 0 Å². The van der Waals surface area contributed by atoms with Crippen molar-refractivity contribution in [2.75, 3.05) is 18.0 Å². The average molecular weight is 385 g/mol. The van der Waals surface area contributed by atoms with Crippen LogP contribution in [0.3, 0.4) is 0 Å². The van der Waals surface area contributed by atoms with Gasteiger partial charge in [0.05, 0.1) is 0 Å². The van der Waals surface area contributed by atoms with Gasteiger partial charge < -0.3 is 4.90 Å². The quantitative estimate of drug-likeness (QED) is 0.693. The minimum absolute atomic E-state index is 0.612. The zero-order valence-electron chi connectivity index (χ0n) is 13.1. The highest BCUT2D eigenvalue weighted by molar-refractivity contribution is 9.10. The number of hydrogen-bond acceptors (Lipinski definition) is 5. The maximum absolute atomic E-state index is 4.63. The monoisotopic (exact) mass is 384 g/mol. The standard InChI is InChI=1S/C17H17BrN6/c18-13-3-1-2-12(6-13)8-23-14-7-15(23)10-22(9-14)17-5-4-16-20-19-11-24(16)21-17/h1-6,11,14-15H,7-10H2. The minimum atomic E-state index is 0.612. The molecule has 5 heterocycles. The number of benzene rings is 1. The van der Waals surface area contributed by atoms with Gasteiger partial charge in [-0.2, -0.15) is 4.52 Å². The van der Waals surface area contributed by atoms with Crippen molar-refractivity contribution in [2.24, 2.45) is 0 Å². The molecule has 0 amide bonds. The van der Waals surface area contributed by atoms with Crippen LogP contribution in [0.25, 0.3) is 5.65 Å². The number of rotatable bonds is 3. The van der Waals surface area contributed by atoms with E-state index in [9.17, 15) is 0 Å². The largest absolute Gasteiger partial charge is 0.352 e. The van der Waals surface area contributed by atoms with Gasteiger partial charge in [-0.1, -0.05) is 28.1 Å². The SMILES string of the molecule is Brc1cccc(CN2C3CC2CN(c2ccc4nncn4n2)C3)c1. The maximum Gasteiger partial charge on any atom is 0.177 e. The van der Waals surface area contributed by atoms with E-state index in [0.717, 1.165) is 35.6 Å². The maximum atomic E-state index is 4.63. The molecule has 3 saturated heterocycles. The Balaban J connectivity index is 1.31. The molecule has 3 fully saturated rings. The number of halogens is 1. The number of piperidine rings is 1. The molecular weight excluding hydrogens is 368 g/mol. The number of piperazine rings is 1. The third-order valence-corrected chi connectivity index (χ3v) is 5.56. The fourth-order valence-electron chi connectivity index (χ4n) is 3.87. The lowest BCUT2D eigenvalue weighted by molar-refractivity contribution is -0.00875. The van der Waals surface area contributed by atoms with Crippen LogP contribution in [0, 0.1) is 0 Å². The van der Waals surface area contributed by atoms with E-state index in [1.807, 2.05) is 12.1 Å². The van der Waals surface area contributed by atoms with E-state index in [1.54, 1.807) is 10.8 Å². The molecule has 2 aromatic heterocycles. The van der Waals surface area contributed by atoms with E-state index < -0.39 is 0 Å². The molecule has 0 radical (unpaired) electrons. The summed E-state index contributed by atoms with van der Waals surface area (Å²) in [6, 6.07) is 13.9. The molecule has 7 heteroatoms. The Morgan fingerprint density at radius 2 is 2.00 bits per heavy atom. The molecule has 1 aromatic carbocycles. The summed E-state index contributed by atoms with van der Waals surface area (Å²) in [5, 5.41) is 12.5. The van der Waals surface area contributed by atoms with Gasteiger partial charge in [0.2, 0.25) is 0 Å². The average Bonchev–Trinajstić information content (AvgIpc) is 3.07. The molecule has 2 bridgehead atoms. The van der Waals surface area contributed by atoms with Crippen LogP contribution in [-0.4, -0.2) is 49.9 Å². The van der Waals surface area contributed by atoms with E-state index in [0.29, 0.717) is 12.1 Å². The summed E-state index contributed by atoms with van der Waals surface area (Å²) in [6.45, 7) is 3.09. The first-order valence-corrected chi connectivity index (χ1v) is 8.98. The van der Waals surface area contributed by atoms with Gasteiger partial charge in [0, 0.05) is 36.2 Å². The first-order valence-electron chi connectivity index (χ1n) is 8.18. The summed E-state index contributed by atoms with van der Waals surface area (Å²) in [6.07, 6.45) is 2.95. The molecule has 3 aliphatic rings. The lowest BCUT2D eigenvalue weighted by atomic mass is 9.87. The molecule has 0 N–H and O–H groups in total. The third kappa shape index (κ3) is 2.39. The van der Waals surface area contributed by atoms with E-state index >= 15 is 0 Å². The zero-order valence-corrected chi connectivity index (χ0v) is 14.7. The van der Waals surface area contributed by atoms with Crippen LogP contribution in [0.4, 0.5) is 5.82 Å². The molecule has 6 rings (SSSR count). The van der Waals surface area contributed by atoms with Crippen LogP contribution in [0.5, 0.6) is 0 Å². The van der Waals surface area contributed by atoms with Crippen molar-refractivity contribution in [3.8, 4) is 0 Å². The summed E-state index contributed by atoms with van der Waals surface area (Å²) in [7, 11) is 0. The summed E-state index contributed by atoms with van der Waals surface area (Å²) in [4.78, 5) is 5.01.